The lowest BCUT2D eigenvalue weighted by atomic mass is 10.0. The number of hydrogen-bond acceptors (Lipinski definition) is 4. The number of likely N-dealkylation sites (tertiary alicyclic amines) is 1. The van der Waals surface area contributed by atoms with E-state index in [1.54, 1.807) is 29.2 Å². The van der Waals surface area contributed by atoms with Gasteiger partial charge in [0.1, 0.15) is 0 Å². The van der Waals surface area contributed by atoms with Crippen LogP contribution in [0.2, 0.25) is 0 Å². The molecule has 3 rings (SSSR count). The number of nitrogens with zero attached hydrogens (tertiary/aromatic N) is 2. The minimum atomic E-state index is -4.45. The smallest absolute Gasteiger partial charge is 0.422 e. The Balaban J connectivity index is 1.49. The SMILES string of the molecule is O=C(NC1CCN(C(=O)c2ccc(OCC(F)(F)F)nc2)CC1)c1ccccc1. The van der Waals surface area contributed by atoms with Gasteiger partial charge in [0.25, 0.3) is 11.8 Å². The van der Waals surface area contributed by atoms with Crippen molar-refractivity contribution in [3.8, 4) is 5.88 Å². The summed E-state index contributed by atoms with van der Waals surface area (Å²) in [5, 5.41) is 2.97. The molecule has 0 radical (unpaired) electrons. The molecule has 9 heteroatoms. The second kappa shape index (κ2) is 8.93. The lowest BCUT2D eigenvalue weighted by Crippen LogP contribution is -2.46. The summed E-state index contributed by atoms with van der Waals surface area (Å²) in [6.45, 7) is -0.509. The second-order valence-electron chi connectivity index (χ2n) is 6.69. The molecule has 1 aromatic heterocycles. The fraction of sp³-hybridized carbons (Fsp3) is 0.350. The molecular weight excluding hydrogens is 387 g/mol. The van der Waals surface area contributed by atoms with Gasteiger partial charge in [-0.3, -0.25) is 9.59 Å². The molecule has 0 unspecified atom stereocenters. The monoisotopic (exact) mass is 407 g/mol. The first-order valence-electron chi connectivity index (χ1n) is 9.12. The molecule has 0 saturated carbocycles. The van der Waals surface area contributed by atoms with Gasteiger partial charge in [0, 0.05) is 37.0 Å². The summed E-state index contributed by atoms with van der Waals surface area (Å²) in [7, 11) is 0. The summed E-state index contributed by atoms with van der Waals surface area (Å²) in [5.41, 5.74) is 0.862. The fourth-order valence-electron chi connectivity index (χ4n) is 3.02. The van der Waals surface area contributed by atoms with Gasteiger partial charge in [-0.1, -0.05) is 18.2 Å². The Morgan fingerprint density at radius 1 is 1.07 bits per heavy atom. The van der Waals surface area contributed by atoms with Gasteiger partial charge in [0.15, 0.2) is 6.61 Å². The average molecular weight is 407 g/mol. The van der Waals surface area contributed by atoms with Crippen LogP contribution in [0.4, 0.5) is 13.2 Å². The summed E-state index contributed by atoms with van der Waals surface area (Å²) in [4.78, 5) is 30.2. The Morgan fingerprint density at radius 2 is 1.76 bits per heavy atom. The highest BCUT2D eigenvalue weighted by atomic mass is 19.4. The van der Waals surface area contributed by atoms with Crippen LogP contribution in [-0.4, -0.2) is 53.6 Å². The molecule has 0 bridgehead atoms. The largest absolute Gasteiger partial charge is 0.468 e. The van der Waals surface area contributed by atoms with Crippen LogP contribution in [0.1, 0.15) is 33.6 Å². The van der Waals surface area contributed by atoms with E-state index in [9.17, 15) is 22.8 Å². The number of aromatic nitrogens is 1. The number of piperidine rings is 1. The third kappa shape index (κ3) is 5.94. The molecule has 0 spiro atoms. The number of carbonyl (C=O) groups is 2. The number of amides is 2. The van der Waals surface area contributed by atoms with Crippen LogP contribution in [0.5, 0.6) is 5.88 Å². The lowest BCUT2D eigenvalue weighted by molar-refractivity contribution is -0.154. The maximum absolute atomic E-state index is 12.6. The Labute approximate surface area is 165 Å². The van der Waals surface area contributed by atoms with Gasteiger partial charge in [0.2, 0.25) is 5.88 Å². The highest BCUT2D eigenvalue weighted by Gasteiger charge is 2.29. The number of benzene rings is 1. The van der Waals surface area contributed by atoms with Crippen molar-refractivity contribution in [2.75, 3.05) is 19.7 Å². The number of rotatable bonds is 5. The minimum absolute atomic E-state index is 0.0250. The van der Waals surface area contributed by atoms with Gasteiger partial charge in [0.05, 0.1) is 5.56 Å². The summed E-state index contributed by atoms with van der Waals surface area (Å²) >= 11 is 0. The van der Waals surface area contributed by atoms with Crippen LogP contribution in [0.3, 0.4) is 0 Å². The van der Waals surface area contributed by atoms with E-state index in [4.69, 9.17) is 0 Å². The van der Waals surface area contributed by atoms with Crippen LogP contribution in [0.15, 0.2) is 48.7 Å². The number of halogens is 3. The van der Waals surface area contributed by atoms with E-state index < -0.39 is 12.8 Å². The second-order valence-corrected chi connectivity index (χ2v) is 6.69. The van der Waals surface area contributed by atoms with Gasteiger partial charge < -0.3 is 15.0 Å². The highest BCUT2D eigenvalue weighted by molar-refractivity contribution is 5.95. The predicted octanol–water partition coefficient (Wildman–Crippen LogP) is 3.06. The predicted molar refractivity (Wildman–Crippen MR) is 98.6 cm³/mol. The molecule has 1 aromatic carbocycles. The number of pyridine rings is 1. The van der Waals surface area contributed by atoms with Gasteiger partial charge in [-0.05, 0) is 31.0 Å². The van der Waals surface area contributed by atoms with Crippen molar-refractivity contribution < 1.29 is 27.5 Å². The van der Waals surface area contributed by atoms with Gasteiger partial charge in [-0.15, -0.1) is 0 Å². The Kier molecular flexibility index (Phi) is 6.36. The molecular formula is C20H20F3N3O3. The maximum atomic E-state index is 12.6. The number of carbonyl (C=O) groups excluding carboxylic acids is 2. The first-order chi connectivity index (χ1) is 13.8. The molecule has 2 aromatic rings. The number of nitrogens with one attached hydrogen (secondary N) is 1. The first-order valence-corrected chi connectivity index (χ1v) is 9.12. The molecule has 6 nitrogen and oxygen atoms in total. The first kappa shape index (κ1) is 20.6. The molecule has 0 atom stereocenters. The number of hydrogen-bond donors (Lipinski definition) is 1. The average Bonchev–Trinajstić information content (AvgIpc) is 2.73. The van der Waals surface area contributed by atoms with Gasteiger partial charge in [-0.25, -0.2) is 4.98 Å². The number of alkyl halides is 3. The minimum Gasteiger partial charge on any atom is -0.468 e. The zero-order chi connectivity index (χ0) is 20.9. The third-order valence-electron chi connectivity index (χ3n) is 4.52. The topological polar surface area (TPSA) is 71.5 Å². The van der Waals surface area contributed by atoms with Crippen LogP contribution in [-0.2, 0) is 0 Å². The van der Waals surface area contributed by atoms with Crippen molar-refractivity contribution in [3.63, 3.8) is 0 Å². The summed E-state index contributed by atoms with van der Waals surface area (Å²) in [6.07, 6.45) is -2.01. The van der Waals surface area contributed by atoms with E-state index in [0.717, 1.165) is 0 Å². The van der Waals surface area contributed by atoms with Crippen LogP contribution < -0.4 is 10.1 Å². The molecule has 0 aliphatic carbocycles. The van der Waals surface area contributed by atoms with Crippen molar-refractivity contribution in [1.82, 2.24) is 15.2 Å². The van der Waals surface area contributed by atoms with Crippen LogP contribution in [0.25, 0.3) is 0 Å². The van der Waals surface area contributed by atoms with Crippen molar-refractivity contribution in [1.29, 1.82) is 0 Å². The van der Waals surface area contributed by atoms with Crippen molar-refractivity contribution >= 4 is 11.8 Å². The molecule has 1 aliphatic rings. The molecule has 1 aliphatic heterocycles. The van der Waals surface area contributed by atoms with Crippen molar-refractivity contribution in [2.24, 2.45) is 0 Å². The van der Waals surface area contributed by atoms with E-state index in [0.29, 0.717) is 31.5 Å². The van der Waals surface area contributed by atoms with Crippen LogP contribution >= 0.6 is 0 Å². The fourth-order valence-corrected chi connectivity index (χ4v) is 3.02. The standard InChI is InChI=1S/C20H20F3N3O3/c21-20(22,23)13-29-17-7-6-15(12-24-17)19(28)26-10-8-16(9-11-26)25-18(27)14-4-2-1-3-5-14/h1-7,12,16H,8-11,13H2,(H,25,27). The quantitative estimate of drug-likeness (QED) is 0.827. The van der Waals surface area contributed by atoms with E-state index >= 15 is 0 Å². The molecule has 154 valence electrons. The maximum Gasteiger partial charge on any atom is 0.422 e. The Hall–Kier alpha value is -3.10. The molecule has 2 heterocycles. The third-order valence-corrected chi connectivity index (χ3v) is 4.52. The van der Waals surface area contributed by atoms with E-state index in [1.165, 1.54) is 18.3 Å². The summed E-state index contributed by atoms with van der Waals surface area (Å²) < 4.78 is 41.0. The molecule has 29 heavy (non-hydrogen) atoms. The van der Waals surface area contributed by atoms with Gasteiger partial charge in [-0.2, -0.15) is 13.2 Å². The molecule has 1 fully saturated rings. The normalized spacial score (nSPS) is 15.1. The Bertz CT molecular complexity index is 834. The van der Waals surface area contributed by atoms with Crippen LogP contribution in [0, 0.1) is 0 Å². The zero-order valence-electron chi connectivity index (χ0n) is 15.5. The summed E-state index contributed by atoms with van der Waals surface area (Å²) in [6, 6.07) is 11.5. The highest BCUT2D eigenvalue weighted by Crippen LogP contribution is 2.18. The zero-order valence-corrected chi connectivity index (χ0v) is 15.5. The summed E-state index contributed by atoms with van der Waals surface area (Å²) in [5.74, 6) is -0.595. The Morgan fingerprint density at radius 3 is 2.34 bits per heavy atom. The molecule has 2 amide bonds. The van der Waals surface area contributed by atoms with E-state index in [2.05, 4.69) is 15.0 Å². The molecule has 1 saturated heterocycles. The molecule has 1 N–H and O–H groups in total. The lowest BCUT2D eigenvalue weighted by Gasteiger charge is -2.32. The van der Waals surface area contributed by atoms with Gasteiger partial charge >= 0.3 is 6.18 Å². The van der Waals surface area contributed by atoms with Crippen molar-refractivity contribution in [3.05, 3.63) is 59.8 Å². The van der Waals surface area contributed by atoms with E-state index in [1.807, 2.05) is 6.07 Å². The van der Waals surface area contributed by atoms with E-state index in [-0.39, 0.29) is 29.3 Å². The number of ether oxygens (including phenoxy) is 1. The van der Waals surface area contributed by atoms with Crippen molar-refractivity contribution in [2.45, 2.75) is 25.1 Å².